The van der Waals surface area contributed by atoms with Crippen LogP contribution in [0.2, 0.25) is 10.0 Å². The highest BCUT2D eigenvalue weighted by Crippen LogP contribution is 2.27. The highest BCUT2D eigenvalue weighted by molar-refractivity contribution is 6.35. The second-order valence-corrected chi connectivity index (χ2v) is 8.17. The zero-order valence-corrected chi connectivity index (χ0v) is 17.8. The fourth-order valence-corrected chi connectivity index (χ4v) is 4.32. The third-order valence-corrected chi connectivity index (χ3v) is 6.01. The van der Waals surface area contributed by atoms with Gasteiger partial charge in [-0.2, -0.15) is 5.10 Å². The van der Waals surface area contributed by atoms with Gasteiger partial charge >= 0.3 is 0 Å². The van der Waals surface area contributed by atoms with Crippen LogP contribution in [0.15, 0.2) is 61.1 Å². The van der Waals surface area contributed by atoms with Crippen molar-refractivity contribution in [3.63, 3.8) is 0 Å². The van der Waals surface area contributed by atoms with E-state index in [4.69, 9.17) is 23.2 Å². The summed E-state index contributed by atoms with van der Waals surface area (Å²) in [6, 6.07) is 15.7. The van der Waals surface area contributed by atoms with Crippen LogP contribution in [0.5, 0.6) is 0 Å². The molecule has 152 valence electrons. The largest absolute Gasteiger partial charge is 0.353 e. The molecule has 1 saturated heterocycles. The van der Waals surface area contributed by atoms with Gasteiger partial charge in [0.15, 0.2) is 5.65 Å². The SMILES string of the molecule is Clc1ccc(CN2CCN(c3ncnc4c3cnn4-c3ccccc3)CC2)c(Cl)c1. The van der Waals surface area contributed by atoms with Crippen molar-refractivity contribution < 1.29 is 0 Å². The van der Waals surface area contributed by atoms with Gasteiger partial charge in [0.1, 0.15) is 12.1 Å². The topological polar surface area (TPSA) is 50.1 Å². The van der Waals surface area contributed by atoms with Crippen LogP contribution in [0.4, 0.5) is 5.82 Å². The molecule has 0 atom stereocenters. The number of hydrogen-bond acceptors (Lipinski definition) is 5. The van der Waals surface area contributed by atoms with Gasteiger partial charge in [0.25, 0.3) is 0 Å². The highest BCUT2D eigenvalue weighted by Gasteiger charge is 2.22. The Morgan fingerprint density at radius 1 is 0.900 bits per heavy atom. The molecule has 0 N–H and O–H groups in total. The third kappa shape index (κ3) is 3.74. The predicted molar refractivity (Wildman–Crippen MR) is 121 cm³/mol. The van der Waals surface area contributed by atoms with Gasteiger partial charge in [-0.05, 0) is 29.8 Å². The van der Waals surface area contributed by atoms with E-state index in [2.05, 4.69) is 24.9 Å². The van der Waals surface area contributed by atoms with Gasteiger partial charge in [0, 0.05) is 42.8 Å². The number of benzene rings is 2. The van der Waals surface area contributed by atoms with Crippen molar-refractivity contribution in [1.82, 2.24) is 24.6 Å². The highest BCUT2D eigenvalue weighted by atomic mass is 35.5. The maximum atomic E-state index is 6.34. The summed E-state index contributed by atoms with van der Waals surface area (Å²) < 4.78 is 1.86. The third-order valence-electron chi connectivity index (χ3n) is 5.43. The van der Waals surface area contributed by atoms with Gasteiger partial charge in [-0.1, -0.05) is 47.5 Å². The molecule has 0 aliphatic carbocycles. The molecule has 2 aromatic carbocycles. The van der Waals surface area contributed by atoms with Crippen molar-refractivity contribution in [2.24, 2.45) is 0 Å². The number of para-hydroxylation sites is 1. The Morgan fingerprint density at radius 2 is 1.70 bits per heavy atom. The van der Waals surface area contributed by atoms with E-state index in [-0.39, 0.29) is 0 Å². The van der Waals surface area contributed by atoms with E-state index in [0.29, 0.717) is 5.02 Å². The van der Waals surface area contributed by atoms with Gasteiger partial charge in [-0.15, -0.1) is 0 Å². The molecular weight excluding hydrogens is 419 g/mol. The molecule has 30 heavy (non-hydrogen) atoms. The summed E-state index contributed by atoms with van der Waals surface area (Å²) in [5.74, 6) is 0.936. The number of hydrogen-bond donors (Lipinski definition) is 0. The molecule has 8 heteroatoms. The van der Waals surface area contributed by atoms with Crippen LogP contribution < -0.4 is 4.90 Å². The molecule has 0 amide bonds. The minimum absolute atomic E-state index is 0.664. The van der Waals surface area contributed by atoms with Crippen LogP contribution in [0.1, 0.15) is 5.56 Å². The van der Waals surface area contributed by atoms with E-state index >= 15 is 0 Å². The second-order valence-electron chi connectivity index (χ2n) is 7.33. The molecule has 0 spiro atoms. The van der Waals surface area contributed by atoms with E-state index in [9.17, 15) is 0 Å². The first-order valence-electron chi connectivity index (χ1n) is 9.84. The van der Waals surface area contributed by atoms with E-state index in [0.717, 1.165) is 65.8 Å². The summed E-state index contributed by atoms with van der Waals surface area (Å²) in [7, 11) is 0. The van der Waals surface area contributed by atoms with E-state index in [1.54, 1.807) is 12.4 Å². The molecule has 0 bridgehead atoms. The Kier molecular flexibility index (Phi) is 5.29. The number of halogens is 2. The lowest BCUT2D eigenvalue weighted by molar-refractivity contribution is 0.249. The summed E-state index contributed by atoms with van der Waals surface area (Å²) >= 11 is 12.4. The molecule has 2 aromatic heterocycles. The Morgan fingerprint density at radius 3 is 2.47 bits per heavy atom. The van der Waals surface area contributed by atoms with E-state index < -0.39 is 0 Å². The number of anilines is 1. The quantitative estimate of drug-likeness (QED) is 0.471. The number of fused-ring (bicyclic) bond motifs is 1. The lowest BCUT2D eigenvalue weighted by Crippen LogP contribution is -2.46. The summed E-state index contributed by atoms with van der Waals surface area (Å²) in [5.41, 5.74) is 2.91. The zero-order chi connectivity index (χ0) is 20.5. The fourth-order valence-electron chi connectivity index (χ4n) is 3.85. The van der Waals surface area contributed by atoms with Crippen molar-refractivity contribution in [3.05, 3.63) is 76.7 Å². The van der Waals surface area contributed by atoms with Crippen molar-refractivity contribution in [2.75, 3.05) is 31.1 Å². The van der Waals surface area contributed by atoms with E-state index in [1.807, 2.05) is 53.3 Å². The van der Waals surface area contributed by atoms with Crippen LogP contribution in [0.25, 0.3) is 16.7 Å². The Bertz CT molecular complexity index is 1170. The lowest BCUT2D eigenvalue weighted by atomic mass is 10.2. The van der Waals surface area contributed by atoms with Gasteiger partial charge in [0.2, 0.25) is 0 Å². The smallest absolute Gasteiger partial charge is 0.168 e. The zero-order valence-electron chi connectivity index (χ0n) is 16.2. The molecule has 0 radical (unpaired) electrons. The average Bonchev–Trinajstić information content (AvgIpc) is 3.21. The van der Waals surface area contributed by atoms with Crippen molar-refractivity contribution >= 4 is 40.1 Å². The average molecular weight is 439 g/mol. The second kappa shape index (κ2) is 8.22. The van der Waals surface area contributed by atoms with Crippen LogP contribution >= 0.6 is 23.2 Å². The Hall–Kier alpha value is -2.67. The predicted octanol–water partition coefficient (Wildman–Crippen LogP) is 4.44. The molecule has 1 aliphatic rings. The molecular formula is C22H20Cl2N6. The number of nitrogens with zero attached hydrogens (tertiary/aromatic N) is 6. The van der Waals surface area contributed by atoms with E-state index in [1.165, 1.54) is 0 Å². The van der Waals surface area contributed by atoms with Gasteiger partial charge in [0.05, 0.1) is 17.3 Å². The molecule has 4 aromatic rings. The van der Waals surface area contributed by atoms with Crippen LogP contribution in [0, 0.1) is 0 Å². The molecule has 3 heterocycles. The fraction of sp³-hybridized carbons (Fsp3) is 0.227. The molecule has 0 unspecified atom stereocenters. The molecule has 1 fully saturated rings. The lowest BCUT2D eigenvalue weighted by Gasteiger charge is -2.35. The van der Waals surface area contributed by atoms with Crippen LogP contribution in [-0.2, 0) is 6.54 Å². The van der Waals surface area contributed by atoms with Crippen LogP contribution in [-0.4, -0.2) is 50.8 Å². The first-order chi connectivity index (χ1) is 14.7. The monoisotopic (exact) mass is 438 g/mol. The Balaban J connectivity index is 1.33. The maximum absolute atomic E-state index is 6.34. The molecule has 6 nitrogen and oxygen atoms in total. The first kappa shape index (κ1) is 19.3. The number of rotatable bonds is 4. The molecule has 0 saturated carbocycles. The summed E-state index contributed by atoms with van der Waals surface area (Å²) in [6.07, 6.45) is 3.48. The van der Waals surface area contributed by atoms with Crippen molar-refractivity contribution in [2.45, 2.75) is 6.54 Å². The van der Waals surface area contributed by atoms with Gasteiger partial charge in [-0.3, -0.25) is 4.90 Å². The maximum Gasteiger partial charge on any atom is 0.168 e. The number of piperazine rings is 1. The minimum Gasteiger partial charge on any atom is -0.353 e. The number of aromatic nitrogens is 4. The minimum atomic E-state index is 0.664. The molecule has 5 rings (SSSR count). The van der Waals surface area contributed by atoms with Crippen LogP contribution in [0.3, 0.4) is 0 Å². The summed E-state index contributed by atoms with van der Waals surface area (Å²) in [6.45, 7) is 4.44. The van der Waals surface area contributed by atoms with Crippen molar-refractivity contribution in [1.29, 1.82) is 0 Å². The van der Waals surface area contributed by atoms with Gasteiger partial charge < -0.3 is 4.90 Å². The Labute approximate surface area is 184 Å². The summed E-state index contributed by atoms with van der Waals surface area (Å²) in [4.78, 5) is 13.8. The van der Waals surface area contributed by atoms with Crippen molar-refractivity contribution in [3.8, 4) is 5.69 Å². The molecule has 1 aliphatic heterocycles. The first-order valence-corrected chi connectivity index (χ1v) is 10.6. The summed E-state index contributed by atoms with van der Waals surface area (Å²) in [5, 5.41) is 6.91. The standard InChI is InChI=1S/C22H20Cl2N6/c23-17-7-6-16(20(24)12-17)14-28-8-10-29(11-9-28)21-19-13-27-30(22(19)26-15-25-21)18-4-2-1-3-5-18/h1-7,12-13,15H,8-11,14H2. The van der Waals surface area contributed by atoms with Gasteiger partial charge in [-0.25, -0.2) is 14.6 Å². The normalized spacial score (nSPS) is 15.1.